The molecule has 0 bridgehead atoms. The molecule has 4 heteroatoms. The maximum Gasteiger partial charge on any atom is 0.226 e. The van der Waals surface area contributed by atoms with Crippen LogP contribution in [-0.4, -0.2) is 22.1 Å². The quantitative estimate of drug-likeness (QED) is 0.880. The summed E-state index contributed by atoms with van der Waals surface area (Å²) in [6.45, 7) is 8.05. The zero-order valence-corrected chi connectivity index (χ0v) is 13.1. The molecular weight excluding hydrogens is 262 g/mol. The van der Waals surface area contributed by atoms with E-state index in [1.807, 2.05) is 32.9 Å². The first-order valence-corrected chi connectivity index (χ1v) is 7.35. The van der Waals surface area contributed by atoms with Crippen molar-refractivity contribution in [1.82, 2.24) is 9.97 Å². The monoisotopic (exact) mass is 285 g/mol. The molecule has 1 aromatic heterocycles. The molecule has 1 heterocycles. The van der Waals surface area contributed by atoms with E-state index in [9.17, 15) is 0 Å². The van der Waals surface area contributed by atoms with Gasteiger partial charge in [0, 0.05) is 17.8 Å². The van der Waals surface area contributed by atoms with Crippen LogP contribution in [0.15, 0.2) is 36.4 Å². The third-order valence-corrected chi connectivity index (χ3v) is 2.95. The highest BCUT2D eigenvalue weighted by atomic mass is 16.5. The Bertz CT molecular complexity index is 570. The first-order chi connectivity index (χ1) is 10.0. The lowest BCUT2D eigenvalue weighted by molar-refractivity contribution is 0.232. The molecule has 1 atom stereocenters. The second kappa shape index (κ2) is 7.07. The van der Waals surface area contributed by atoms with Crippen molar-refractivity contribution in [3.8, 4) is 5.88 Å². The van der Waals surface area contributed by atoms with E-state index in [4.69, 9.17) is 4.74 Å². The van der Waals surface area contributed by atoms with Crippen LogP contribution in [-0.2, 0) is 6.42 Å². The van der Waals surface area contributed by atoms with Crippen molar-refractivity contribution < 1.29 is 4.74 Å². The Morgan fingerprint density at radius 1 is 1.10 bits per heavy atom. The molecule has 0 aliphatic carbocycles. The van der Waals surface area contributed by atoms with Gasteiger partial charge in [0.05, 0.1) is 6.10 Å². The van der Waals surface area contributed by atoms with Crippen molar-refractivity contribution in [3.63, 3.8) is 0 Å². The first-order valence-electron chi connectivity index (χ1n) is 7.35. The first kappa shape index (κ1) is 15.3. The Balaban J connectivity index is 2.03. The van der Waals surface area contributed by atoms with Gasteiger partial charge in [-0.05, 0) is 39.7 Å². The van der Waals surface area contributed by atoms with E-state index in [0.29, 0.717) is 11.8 Å². The van der Waals surface area contributed by atoms with E-state index in [1.54, 1.807) is 0 Å². The molecule has 0 aliphatic heterocycles. The zero-order valence-electron chi connectivity index (χ0n) is 13.1. The maximum absolute atomic E-state index is 5.64. The molecule has 1 unspecified atom stereocenters. The molecule has 1 N–H and O–H groups in total. The average molecular weight is 285 g/mol. The van der Waals surface area contributed by atoms with Crippen LogP contribution in [0.25, 0.3) is 0 Å². The second-order valence-corrected chi connectivity index (χ2v) is 5.57. The fourth-order valence-electron chi connectivity index (χ4n) is 2.15. The van der Waals surface area contributed by atoms with Gasteiger partial charge in [-0.2, -0.15) is 4.98 Å². The number of aryl methyl sites for hydroxylation is 1. The van der Waals surface area contributed by atoms with Gasteiger partial charge in [-0.1, -0.05) is 30.3 Å². The summed E-state index contributed by atoms with van der Waals surface area (Å²) >= 11 is 0. The highest BCUT2D eigenvalue weighted by molar-refractivity contribution is 5.32. The van der Waals surface area contributed by atoms with Crippen molar-refractivity contribution >= 4 is 5.95 Å². The van der Waals surface area contributed by atoms with Crippen LogP contribution in [0.2, 0.25) is 0 Å². The maximum atomic E-state index is 5.64. The predicted octanol–water partition coefficient (Wildman–Crippen LogP) is 3.62. The van der Waals surface area contributed by atoms with Gasteiger partial charge in [-0.3, -0.25) is 0 Å². The van der Waals surface area contributed by atoms with Crippen LogP contribution in [0, 0.1) is 6.92 Å². The SMILES string of the molecule is Cc1cc(OC(C)C)nc(NC(C)Cc2ccccc2)n1. The van der Waals surface area contributed by atoms with Gasteiger partial charge in [0.1, 0.15) is 0 Å². The van der Waals surface area contributed by atoms with E-state index in [-0.39, 0.29) is 12.1 Å². The molecule has 0 aliphatic rings. The molecule has 4 nitrogen and oxygen atoms in total. The number of rotatable bonds is 6. The lowest BCUT2D eigenvalue weighted by Gasteiger charge is -2.16. The Hall–Kier alpha value is -2.10. The molecule has 2 rings (SSSR count). The van der Waals surface area contributed by atoms with Gasteiger partial charge in [-0.15, -0.1) is 0 Å². The van der Waals surface area contributed by atoms with E-state index in [2.05, 4.69) is 46.5 Å². The van der Waals surface area contributed by atoms with Crippen LogP contribution in [0.3, 0.4) is 0 Å². The minimum absolute atomic E-state index is 0.105. The fourth-order valence-corrected chi connectivity index (χ4v) is 2.15. The molecule has 21 heavy (non-hydrogen) atoms. The largest absolute Gasteiger partial charge is 0.475 e. The van der Waals surface area contributed by atoms with Crippen molar-refractivity contribution in [2.75, 3.05) is 5.32 Å². The van der Waals surface area contributed by atoms with Crippen LogP contribution in [0.5, 0.6) is 5.88 Å². The molecule has 112 valence electrons. The Labute approximate surface area is 126 Å². The van der Waals surface area contributed by atoms with Crippen LogP contribution in [0.4, 0.5) is 5.95 Å². The topological polar surface area (TPSA) is 47.0 Å². The second-order valence-electron chi connectivity index (χ2n) is 5.57. The molecule has 0 saturated carbocycles. The molecule has 0 spiro atoms. The van der Waals surface area contributed by atoms with Crippen LogP contribution >= 0.6 is 0 Å². The van der Waals surface area contributed by atoms with Crippen molar-refractivity contribution in [3.05, 3.63) is 47.7 Å². The van der Waals surface area contributed by atoms with E-state index in [0.717, 1.165) is 12.1 Å². The summed E-state index contributed by atoms with van der Waals surface area (Å²) in [5.41, 5.74) is 2.19. The van der Waals surface area contributed by atoms with Gasteiger partial charge in [-0.25, -0.2) is 4.98 Å². The summed E-state index contributed by atoms with van der Waals surface area (Å²) in [5.74, 6) is 1.24. The highest BCUT2D eigenvalue weighted by Crippen LogP contribution is 2.15. The van der Waals surface area contributed by atoms with Crippen molar-refractivity contribution in [2.24, 2.45) is 0 Å². The zero-order chi connectivity index (χ0) is 15.2. The van der Waals surface area contributed by atoms with Gasteiger partial charge >= 0.3 is 0 Å². The summed E-state index contributed by atoms with van der Waals surface area (Å²) in [4.78, 5) is 8.83. The van der Waals surface area contributed by atoms with Crippen molar-refractivity contribution in [1.29, 1.82) is 0 Å². The van der Waals surface area contributed by atoms with Crippen molar-refractivity contribution in [2.45, 2.75) is 46.3 Å². The summed E-state index contributed by atoms with van der Waals surface area (Å²) in [6.07, 6.45) is 1.03. The van der Waals surface area contributed by atoms with Crippen LogP contribution in [0.1, 0.15) is 32.0 Å². The predicted molar refractivity (Wildman–Crippen MR) is 85.8 cm³/mol. The van der Waals surface area contributed by atoms with Gasteiger partial charge < -0.3 is 10.1 Å². The lowest BCUT2D eigenvalue weighted by Crippen LogP contribution is -2.20. The third-order valence-electron chi connectivity index (χ3n) is 2.95. The van der Waals surface area contributed by atoms with E-state index in [1.165, 1.54) is 5.56 Å². The molecular formula is C17H23N3O. The summed E-state index contributed by atoms with van der Waals surface area (Å²) in [7, 11) is 0. The standard InChI is InChI=1S/C17H23N3O/c1-12(2)21-16-11-14(4)19-17(20-16)18-13(3)10-15-8-6-5-7-9-15/h5-9,11-13H,10H2,1-4H3,(H,18,19,20). The number of aromatic nitrogens is 2. The smallest absolute Gasteiger partial charge is 0.226 e. The highest BCUT2D eigenvalue weighted by Gasteiger charge is 2.08. The molecule has 0 amide bonds. The number of benzene rings is 1. The van der Waals surface area contributed by atoms with Gasteiger partial charge in [0.25, 0.3) is 0 Å². The molecule has 0 saturated heterocycles. The number of hydrogen-bond acceptors (Lipinski definition) is 4. The fraction of sp³-hybridized carbons (Fsp3) is 0.412. The number of hydrogen-bond donors (Lipinski definition) is 1. The Kier molecular flexibility index (Phi) is 5.14. The number of ether oxygens (including phenoxy) is 1. The minimum Gasteiger partial charge on any atom is -0.475 e. The molecule has 2 aromatic rings. The summed E-state index contributed by atoms with van der Waals surface area (Å²) < 4.78 is 5.64. The Morgan fingerprint density at radius 3 is 2.48 bits per heavy atom. The van der Waals surface area contributed by atoms with E-state index >= 15 is 0 Å². The summed E-state index contributed by atoms with van der Waals surface area (Å²) in [6, 6.07) is 12.5. The Morgan fingerprint density at radius 2 is 1.81 bits per heavy atom. The van der Waals surface area contributed by atoms with Crippen LogP contribution < -0.4 is 10.1 Å². The lowest BCUT2D eigenvalue weighted by atomic mass is 10.1. The summed E-state index contributed by atoms with van der Waals surface area (Å²) in [5, 5.41) is 3.34. The molecule has 0 fully saturated rings. The average Bonchev–Trinajstić information content (AvgIpc) is 2.37. The normalized spacial score (nSPS) is 12.2. The number of nitrogens with one attached hydrogen (secondary N) is 1. The molecule has 0 radical (unpaired) electrons. The molecule has 1 aromatic carbocycles. The minimum atomic E-state index is 0.105. The van der Waals surface area contributed by atoms with Gasteiger partial charge in [0.15, 0.2) is 0 Å². The van der Waals surface area contributed by atoms with E-state index < -0.39 is 0 Å². The van der Waals surface area contributed by atoms with Gasteiger partial charge in [0.2, 0.25) is 11.8 Å². The number of anilines is 1. The third kappa shape index (κ3) is 5.06. The number of nitrogens with zero attached hydrogens (tertiary/aromatic N) is 2.